The fourth-order valence-electron chi connectivity index (χ4n) is 3.29. The van der Waals surface area contributed by atoms with E-state index in [0.29, 0.717) is 29.5 Å². The van der Waals surface area contributed by atoms with Crippen molar-refractivity contribution in [1.29, 1.82) is 0 Å². The van der Waals surface area contributed by atoms with Crippen LogP contribution in [0, 0.1) is 0 Å². The predicted octanol–water partition coefficient (Wildman–Crippen LogP) is 4.42. The lowest BCUT2D eigenvalue weighted by Gasteiger charge is -2.18. The summed E-state index contributed by atoms with van der Waals surface area (Å²) in [5, 5.41) is 3.96. The monoisotopic (exact) mass is 396 g/mol. The zero-order valence-corrected chi connectivity index (χ0v) is 17.8. The number of methoxy groups -OCH3 is 3. The van der Waals surface area contributed by atoms with Gasteiger partial charge in [0.05, 0.1) is 21.3 Å². The summed E-state index contributed by atoms with van der Waals surface area (Å²) in [5.74, 6) is 1.43. The maximum Gasteiger partial charge on any atom is 0.267 e. The van der Waals surface area contributed by atoms with E-state index >= 15 is 0 Å². The van der Waals surface area contributed by atoms with Crippen molar-refractivity contribution >= 4 is 16.8 Å². The number of aromatic nitrogens is 1. The van der Waals surface area contributed by atoms with E-state index < -0.39 is 0 Å². The average molecular weight is 396 g/mol. The number of benzene rings is 2. The van der Waals surface area contributed by atoms with Gasteiger partial charge >= 0.3 is 0 Å². The Balaban J connectivity index is 1.81. The number of hydrogen-bond acceptors (Lipinski definition) is 4. The predicted molar refractivity (Wildman–Crippen MR) is 114 cm³/mol. The van der Waals surface area contributed by atoms with Crippen molar-refractivity contribution in [3.8, 4) is 17.2 Å². The molecule has 2 aromatic carbocycles. The Hall–Kier alpha value is -3.15. The summed E-state index contributed by atoms with van der Waals surface area (Å²) in [6, 6.07) is 11.8. The molecule has 3 rings (SSSR count). The molecule has 29 heavy (non-hydrogen) atoms. The van der Waals surface area contributed by atoms with Crippen molar-refractivity contribution in [2.24, 2.45) is 0 Å². The normalized spacial score (nSPS) is 11.4. The molecule has 1 amide bonds. The smallest absolute Gasteiger partial charge is 0.267 e. The van der Waals surface area contributed by atoms with E-state index in [-0.39, 0.29) is 11.3 Å². The zero-order valence-electron chi connectivity index (χ0n) is 17.8. The van der Waals surface area contributed by atoms with Crippen LogP contribution in [0.4, 0.5) is 0 Å². The van der Waals surface area contributed by atoms with E-state index in [0.717, 1.165) is 16.5 Å². The molecule has 0 spiro atoms. The van der Waals surface area contributed by atoms with Crippen molar-refractivity contribution in [1.82, 2.24) is 10.3 Å². The van der Waals surface area contributed by atoms with E-state index in [1.165, 1.54) is 5.56 Å². The van der Waals surface area contributed by atoms with Crippen molar-refractivity contribution in [2.75, 3.05) is 21.3 Å². The molecular formula is C23H28N2O4. The van der Waals surface area contributed by atoms with Crippen LogP contribution in [-0.2, 0) is 12.0 Å². The van der Waals surface area contributed by atoms with Gasteiger partial charge in [-0.15, -0.1) is 0 Å². The first kappa shape index (κ1) is 20.6. The molecule has 0 radical (unpaired) electrons. The van der Waals surface area contributed by atoms with E-state index in [2.05, 4.69) is 43.2 Å². The summed E-state index contributed by atoms with van der Waals surface area (Å²) >= 11 is 0. The van der Waals surface area contributed by atoms with Gasteiger partial charge in [-0.05, 0) is 41.3 Å². The highest BCUT2D eigenvalue weighted by molar-refractivity contribution is 5.98. The van der Waals surface area contributed by atoms with Gasteiger partial charge in [0.15, 0.2) is 11.5 Å². The summed E-state index contributed by atoms with van der Waals surface area (Å²) in [6.45, 7) is 6.81. The number of hydrogen-bond donors (Lipinski definition) is 2. The lowest BCUT2D eigenvalue weighted by Crippen LogP contribution is -2.23. The van der Waals surface area contributed by atoms with Crippen LogP contribution in [0.2, 0.25) is 0 Å². The second kappa shape index (κ2) is 8.07. The van der Waals surface area contributed by atoms with Gasteiger partial charge in [0, 0.05) is 23.0 Å². The van der Waals surface area contributed by atoms with Gasteiger partial charge in [-0.2, -0.15) is 0 Å². The van der Waals surface area contributed by atoms with E-state index in [9.17, 15) is 4.79 Å². The fraction of sp³-hybridized carbons (Fsp3) is 0.348. The minimum Gasteiger partial charge on any atom is -0.493 e. The minimum atomic E-state index is -0.185. The van der Waals surface area contributed by atoms with Gasteiger partial charge in [-0.1, -0.05) is 26.8 Å². The molecule has 0 aliphatic heterocycles. The number of rotatable bonds is 6. The molecule has 6 nitrogen and oxygen atoms in total. The quantitative estimate of drug-likeness (QED) is 0.647. The molecule has 154 valence electrons. The number of fused-ring (bicyclic) bond motifs is 1. The van der Waals surface area contributed by atoms with Crippen molar-refractivity contribution in [3.63, 3.8) is 0 Å². The Morgan fingerprint density at radius 2 is 1.69 bits per heavy atom. The van der Waals surface area contributed by atoms with E-state index in [1.54, 1.807) is 27.4 Å². The van der Waals surface area contributed by atoms with Crippen LogP contribution in [0.25, 0.3) is 10.9 Å². The van der Waals surface area contributed by atoms with E-state index in [4.69, 9.17) is 14.2 Å². The number of aromatic amines is 1. The number of amides is 1. The summed E-state index contributed by atoms with van der Waals surface area (Å²) in [6.07, 6.45) is 0. The molecule has 0 saturated carbocycles. The Morgan fingerprint density at radius 3 is 2.31 bits per heavy atom. The third-order valence-electron chi connectivity index (χ3n) is 4.96. The second-order valence-corrected chi connectivity index (χ2v) is 7.91. The highest BCUT2D eigenvalue weighted by Crippen LogP contribution is 2.39. The Bertz CT molecular complexity index is 1030. The van der Waals surface area contributed by atoms with Crippen LogP contribution in [0.1, 0.15) is 42.4 Å². The van der Waals surface area contributed by atoms with Crippen molar-refractivity contribution in [3.05, 3.63) is 53.2 Å². The Morgan fingerprint density at radius 1 is 0.966 bits per heavy atom. The van der Waals surface area contributed by atoms with Crippen LogP contribution in [0.5, 0.6) is 17.2 Å². The maximum atomic E-state index is 12.7. The van der Waals surface area contributed by atoms with Crippen LogP contribution in [0.3, 0.4) is 0 Å². The van der Waals surface area contributed by atoms with Gasteiger partial charge in [-0.25, -0.2) is 0 Å². The van der Waals surface area contributed by atoms with Gasteiger partial charge in [0.25, 0.3) is 5.91 Å². The molecule has 0 aliphatic carbocycles. The van der Waals surface area contributed by atoms with Gasteiger partial charge < -0.3 is 24.5 Å². The third kappa shape index (κ3) is 4.16. The number of nitrogens with one attached hydrogen (secondary N) is 2. The molecule has 0 fully saturated rings. The first-order valence-electron chi connectivity index (χ1n) is 9.47. The lowest BCUT2D eigenvalue weighted by molar-refractivity contribution is 0.0946. The molecular weight excluding hydrogens is 368 g/mol. The number of carbonyl (C=O) groups excluding carboxylic acids is 1. The summed E-state index contributed by atoms with van der Waals surface area (Å²) < 4.78 is 16.2. The molecule has 1 heterocycles. The molecule has 0 bridgehead atoms. The number of H-pyrrole nitrogens is 1. The Labute approximate surface area is 171 Å². The molecule has 0 saturated heterocycles. The Kier molecular flexibility index (Phi) is 5.73. The average Bonchev–Trinajstić information content (AvgIpc) is 3.13. The van der Waals surface area contributed by atoms with E-state index in [1.807, 2.05) is 18.2 Å². The minimum absolute atomic E-state index is 0.0534. The van der Waals surface area contributed by atoms with Crippen LogP contribution < -0.4 is 19.5 Å². The highest BCUT2D eigenvalue weighted by Gasteiger charge is 2.18. The largest absolute Gasteiger partial charge is 0.493 e. The SMILES string of the molecule is COc1ccc(CNC(=O)c2cc3cc(C(C)(C)C)ccc3[nH]2)c(OC)c1OC. The zero-order chi connectivity index (χ0) is 21.2. The fourth-order valence-corrected chi connectivity index (χ4v) is 3.29. The topological polar surface area (TPSA) is 72.6 Å². The first-order valence-corrected chi connectivity index (χ1v) is 9.47. The summed E-state index contributed by atoms with van der Waals surface area (Å²) in [7, 11) is 4.69. The number of carbonyl (C=O) groups is 1. The van der Waals surface area contributed by atoms with Crippen molar-refractivity contribution in [2.45, 2.75) is 32.7 Å². The third-order valence-corrected chi connectivity index (χ3v) is 4.96. The molecule has 0 aliphatic rings. The standard InChI is InChI=1S/C23H28N2O4/c1-23(2,3)16-8-9-17-15(11-16)12-18(25-17)22(26)24-13-14-7-10-19(27-4)21(29-6)20(14)28-5/h7-12,25H,13H2,1-6H3,(H,24,26). The van der Waals surface area contributed by atoms with Crippen molar-refractivity contribution < 1.29 is 19.0 Å². The van der Waals surface area contributed by atoms with Gasteiger partial charge in [-0.3, -0.25) is 4.79 Å². The van der Waals surface area contributed by atoms with Crippen LogP contribution >= 0.6 is 0 Å². The molecule has 3 aromatic rings. The van der Waals surface area contributed by atoms with Gasteiger partial charge in [0.2, 0.25) is 5.75 Å². The van der Waals surface area contributed by atoms with Gasteiger partial charge in [0.1, 0.15) is 5.69 Å². The molecule has 1 aromatic heterocycles. The highest BCUT2D eigenvalue weighted by atomic mass is 16.5. The molecule has 2 N–H and O–H groups in total. The lowest BCUT2D eigenvalue weighted by atomic mass is 9.86. The summed E-state index contributed by atoms with van der Waals surface area (Å²) in [5.41, 5.74) is 3.53. The molecule has 0 unspecified atom stereocenters. The second-order valence-electron chi connectivity index (χ2n) is 7.91. The first-order chi connectivity index (χ1) is 13.8. The van der Waals surface area contributed by atoms with Crippen LogP contribution in [-0.4, -0.2) is 32.2 Å². The number of ether oxygens (including phenoxy) is 3. The summed E-state index contributed by atoms with van der Waals surface area (Å²) in [4.78, 5) is 15.9. The maximum absolute atomic E-state index is 12.7. The molecule has 6 heteroatoms. The van der Waals surface area contributed by atoms with Crippen LogP contribution in [0.15, 0.2) is 36.4 Å². The molecule has 0 atom stereocenters.